The molecule has 0 unspecified atom stereocenters. The Balaban J connectivity index is 1.54. The molecule has 4 rings (SSSR count). The topological polar surface area (TPSA) is 73.2 Å². The van der Waals surface area contributed by atoms with Gasteiger partial charge in [0.2, 0.25) is 0 Å². The van der Waals surface area contributed by atoms with Crippen molar-refractivity contribution in [1.82, 2.24) is 9.55 Å². The molecule has 0 saturated heterocycles. The number of nitrogens with zero attached hydrogens (tertiary/aromatic N) is 2. The first-order valence-electron chi connectivity index (χ1n) is 9.27. The number of benzene rings is 3. The van der Waals surface area contributed by atoms with Gasteiger partial charge in [0.05, 0.1) is 23.2 Å². The number of ether oxygens (including phenoxy) is 1. The van der Waals surface area contributed by atoms with E-state index in [1.807, 2.05) is 19.1 Å². The summed E-state index contributed by atoms with van der Waals surface area (Å²) < 4.78 is 6.87. The molecule has 1 amide bonds. The van der Waals surface area contributed by atoms with Crippen LogP contribution in [0, 0.1) is 0 Å². The van der Waals surface area contributed by atoms with Crippen LogP contribution in [-0.2, 0) is 0 Å². The van der Waals surface area contributed by atoms with Gasteiger partial charge < -0.3 is 10.1 Å². The third-order valence-corrected chi connectivity index (χ3v) is 4.50. The molecule has 3 aromatic carbocycles. The molecule has 0 aliphatic heterocycles. The Morgan fingerprint density at radius 3 is 2.45 bits per heavy atom. The Bertz CT molecular complexity index is 1210. The van der Waals surface area contributed by atoms with Crippen LogP contribution < -0.4 is 15.6 Å². The second-order valence-corrected chi connectivity index (χ2v) is 6.40. The second-order valence-electron chi connectivity index (χ2n) is 6.40. The van der Waals surface area contributed by atoms with Gasteiger partial charge in [-0.2, -0.15) is 0 Å². The highest BCUT2D eigenvalue weighted by atomic mass is 16.5. The van der Waals surface area contributed by atoms with Crippen molar-refractivity contribution in [1.29, 1.82) is 0 Å². The van der Waals surface area contributed by atoms with Crippen LogP contribution in [0.5, 0.6) is 5.75 Å². The fourth-order valence-electron chi connectivity index (χ4n) is 3.03. The quantitative estimate of drug-likeness (QED) is 0.563. The Morgan fingerprint density at radius 2 is 1.72 bits per heavy atom. The van der Waals surface area contributed by atoms with Crippen LogP contribution in [0.15, 0.2) is 83.9 Å². The van der Waals surface area contributed by atoms with E-state index in [-0.39, 0.29) is 11.5 Å². The molecular weight excluding hydrogens is 366 g/mol. The highest BCUT2D eigenvalue weighted by molar-refractivity contribution is 6.04. The summed E-state index contributed by atoms with van der Waals surface area (Å²) in [5, 5.41) is 3.40. The molecule has 6 heteroatoms. The molecule has 0 saturated carbocycles. The molecule has 0 radical (unpaired) electrons. The van der Waals surface area contributed by atoms with Crippen molar-refractivity contribution in [3.8, 4) is 11.4 Å². The number of aromatic nitrogens is 2. The van der Waals surface area contributed by atoms with Gasteiger partial charge in [0.1, 0.15) is 12.1 Å². The van der Waals surface area contributed by atoms with E-state index in [2.05, 4.69) is 10.3 Å². The second kappa shape index (κ2) is 7.98. The highest BCUT2D eigenvalue weighted by Crippen LogP contribution is 2.17. The predicted octanol–water partition coefficient (Wildman–Crippen LogP) is 4.04. The van der Waals surface area contributed by atoms with Gasteiger partial charge in [-0.05, 0) is 67.6 Å². The van der Waals surface area contributed by atoms with Crippen molar-refractivity contribution in [3.05, 3.63) is 95.0 Å². The van der Waals surface area contributed by atoms with E-state index < -0.39 is 0 Å². The fourth-order valence-corrected chi connectivity index (χ4v) is 3.03. The van der Waals surface area contributed by atoms with Crippen LogP contribution in [-0.4, -0.2) is 22.1 Å². The molecule has 0 bridgehead atoms. The SMILES string of the molecule is CCOc1ccc(NC(=O)c2ccc(-n3cnc4ccccc4c3=O)cc2)cc1. The third kappa shape index (κ3) is 3.87. The number of fused-ring (bicyclic) bond motifs is 1. The molecule has 0 atom stereocenters. The first-order chi connectivity index (χ1) is 14.2. The standard InChI is InChI=1S/C23H19N3O3/c1-2-29-19-13-9-17(10-14-19)25-22(27)16-7-11-18(12-8-16)26-15-24-21-6-4-3-5-20(21)23(26)28/h3-15H,2H2,1H3,(H,25,27). The van der Waals surface area contributed by atoms with Crippen LogP contribution in [0.1, 0.15) is 17.3 Å². The van der Waals surface area contributed by atoms with Crippen LogP contribution in [0.4, 0.5) is 5.69 Å². The van der Waals surface area contributed by atoms with Crippen molar-refractivity contribution < 1.29 is 9.53 Å². The summed E-state index contributed by atoms with van der Waals surface area (Å²) in [5.74, 6) is 0.522. The predicted molar refractivity (Wildman–Crippen MR) is 113 cm³/mol. The van der Waals surface area contributed by atoms with E-state index >= 15 is 0 Å². The first-order valence-corrected chi connectivity index (χ1v) is 9.27. The summed E-state index contributed by atoms with van der Waals surface area (Å²) in [7, 11) is 0. The highest BCUT2D eigenvalue weighted by Gasteiger charge is 2.09. The number of anilines is 1. The van der Waals surface area contributed by atoms with Crippen LogP contribution in [0.3, 0.4) is 0 Å². The van der Waals surface area contributed by atoms with Crippen LogP contribution in [0.2, 0.25) is 0 Å². The Kier molecular flexibility index (Phi) is 5.07. The zero-order valence-corrected chi connectivity index (χ0v) is 15.8. The third-order valence-electron chi connectivity index (χ3n) is 4.50. The lowest BCUT2D eigenvalue weighted by Crippen LogP contribution is -2.19. The lowest BCUT2D eigenvalue weighted by atomic mass is 10.1. The molecule has 0 aliphatic carbocycles. The zero-order chi connectivity index (χ0) is 20.2. The number of hydrogen-bond acceptors (Lipinski definition) is 4. The first kappa shape index (κ1) is 18.4. The van der Waals surface area contributed by atoms with Gasteiger partial charge in [-0.1, -0.05) is 12.1 Å². The molecule has 29 heavy (non-hydrogen) atoms. The van der Waals surface area contributed by atoms with Gasteiger partial charge in [0, 0.05) is 11.3 Å². The normalized spacial score (nSPS) is 10.7. The Labute approximate surface area is 167 Å². The van der Waals surface area contributed by atoms with Crippen LogP contribution >= 0.6 is 0 Å². The average molecular weight is 385 g/mol. The van der Waals surface area contributed by atoms with Crippen molar-refractivity contribution >= 4 is 22.5 Å². The van der Waals surface area contributed by atoms with Crippen LogP contribution in [0.25, 0.3) is 16.6 Å². The van der Waals surface area contributed by atoms with Gasteiger partial charge >= 0.3 is 0 Å². The van der Waals surface area contributed by atoms with Gasteiger partial charge in [0.15, 0.2) is 0 Å². The number of carbonyl (C=O) groups excluding carboxylic acids is 1. The fraction of sp³-hybridized carbons (Fsp3) is 0.0870. The Morgan fingerprint density at radius 1 is 1.00 bits per heavy atom. The number of para-hydroxylation sites is 1. The largest absolute Gasteiger partial charge is 0.494 e. The minimum atomic E-state index is -0.232. The maximum absolute atomic E-state index is 12.7. The lowest BCUT2D eigenvalue weighted by Gasteiger charge is -2.09. The Hall–Kier alpha value is -3.93. The number of carbonyl (C=O) groups is 1. The molecule has 4 aromatic rings. The van der Waals surface area contributed by atoms with E-state index in [1.54, 1.807) is 60.7 Å². The number of rotatable bonds is 5. The summed E-state index contributed by atoms with van der Waals surface area (Å²) in [6, 6.07) is 21.2. The number of amides is 1. The van der Waals surface area contributed by atoms with Gasteiger partial charge in [0.25, 0.3) is 11.5 Å². The maximum Gasteiger partial charge on any atom is 0.265 e. The van der Waals surface area contributed by atoms with E-state index in [0.29, 0.717) is 34.4 Å². The summed E-state index contributed by atoms with van der Waals surface area (Å²) >= 11 is 0. The summed E-state index contributed by atoms with van der Waals surface area (Å²) in [5.41, 5.74) is 2.31. The molecule has 1 aromatic heterocycles. The van der Waals surface area contributed by atoms with E-state index in [9.17, 15) is 9.59 Å². The van der Waals surface area contributed by atoms with Crippen molar-refractivity contribution in [2.24, 2.45) is 0 Å². The molecular formula is C23H19N3O3. The molecule has 144 valence electrons. The van der Waals surface area contributed by atoms with E-state index in [1.165, 1.54) is 10.9 Å². The van der Waals surface area contributed by atoms with E-state index in [0.717, 1.165) is 5.75 Å². The van der Waals surface area contributed by atoms with Gasteiger partial charge in [-0.15, -0.1) is 0 Å². The van der Waals surface area contributed by atoms with Crippen molar-refractivity contribution in [3.63, 3.8) is 0 Å². The molecule has 0 spiro atoms. The summed E-state index contributed by atoms with van der Waals surface area (Å²) in [6.45, 7) is 2.51. The summed E-state index contributed by atoms with van der Waals surface area (Å²) in [4.78, 5) is 29.5. The minimum Gasteiger partial charge on any atom is -0.494 e. The number of nitrogens with one attached hydrogen (secondary N) is 1. The lowest BCUT2D eigenvalue weighted by molar-refractivity contribution is 0.102. The number of hydrogen-bond donors (Lipinski definition) is 1. The van der Waals surface area contributed by atoms with Gasteiger partial charge in [-0.3, -0.25) is 14.2 Å². The smallest absolute Gasteiger partial charge is 0.265 e. The molecule has 1 N–H and O–H groups in total. The minimum absolute atomic E-state index is 0.151. The monoisotopic (exact) mass is 385 g/mol. The summed E-state index contributed by atoms with van der Waals surface area (Å²) in [6.07, 6.45) is 1.50. The van der Waals surface area contributed by atoms with Crippen molar-refractivity contribution in [2.75, 3.05) is 11.9 Å². The zero-order valence-electron chi connectivity index (χ0n) is 15.8. The van der Waals surface area contributed by atoms with Crippen molar-refractivity contribution in [2.45, 2.75) is 6.92 Å². The molecule has 0 aliphatic rings. The average Bonchev–Trinajstić information content (AvgIpc) is 2.76. The molecule has 1 heterocycles. The van der Waals surface area contributed by atoms with E-state index in [4.69, 9.17) is 4.74 Å². The van der Waals surface area contributed by atoms with Gasteiger partial charge in [-0.25, -0.2) is 4.98 Å². The molecule has 6 nitrogen and oxygen atoms in total. The maximum atomic E-state index is 12.7. The molecule has 0 fully saturated rings.